The minimum Gasteiger partial charge on any atom is -0.493 e. The second-order valence-electron chi connectivity index (χ2n) is 6.63. The first-order chi connectivity index (χ1) is 14.0. The van der Waals surface area contributed by atoms with Crippen LogP contribution in [0.1, 0.15) is 33.3 Å². The first kappa shape index (κ1) is 19.6. The highest BCUT2D eigenvalue weighted by Crippen LogP contribution is 2.31. The number of thiophene rings is 1. The smallest absolute Gasteiger partial charge is 0.251 e. The number of sulfonamides is 1. The van der Waals surface area contributed by atoms with Crippen LogP contribution in [0.4, 0.5) is 0 Å². The van der Waals surface area contributed by atoms with E-state index in [0.29, 0.717) is 18.6 Å². The molecule has 6 nitrogen and oxygen atoms in total. The van der Waals surface area contributed by atoms with Gasteiger partial charge >= 0.3 is 0 Å². The lowest BCUT2D eigenvalue weighted by molar-refractivity contribution is 0.0924. The summed E-state index contributed by atoms with van der Waals surface area (Å²) in [4.78, 5) is 13.8. The van der Waals surface area contributed by atoms with Crippen molar-refractivity contribution in [2.75, 3.05) is 6.61 Å². The van der Waals surface area contributed by atoms with Gasteiger partial charge in [0.05, 0.1) is 17.5 Å². The van der Waals surface area contributed by atoms with Crippen LogP contribution in [0.15, 0.2) is 70.9 Å². The molecule has 2 heterocycles. The standard InChI is InChI=1S/C21H20N2O4S2/c24-21(23-19-10-11-27-20-9-2-1-8-18(19)20)15-5-3-7-17(13-15)29(25,26)22-14-16-6-4-12-28-16/h1-9,12-13,19,22H,10-11,14H2,(H,23,24)/t19-/m0/s1. The third kappa shape index (κ3) is 4.50. The van der Waals surface area contributed by atoms with Crippen LogP contribution in [-0.4, -0.2) is 20.9 Å². The Kier molecular flexibility index (Phi) is 5.66. The summed E-state index contributed by atoms with van der Waals surface area (Å²) in [6.07, 6.45) is 0.656. The Morgan fingerprint density at radius 1 is 1.10 bits per heavy atom. The Labute approximate surface area is 173 Å². The minimum absolute atomic E-state index is 0.0640. The van der Waals surface area contributed by atoms with E-state index in [9.17, 15) is 13.2 Å². The zero-order valence-electron chi connectivity index (χ0n) is 15.5. The maximum Gasteiger partial charge on any atom is 0.251 e. The normalized spacial score (nSPS) is 15.9. The molecule has 1 aromatic heterocycles. The molecule has 1 aliphatic rings. The van der Waals surface area contributed by atoms with Crippen molar-refractivity contribution in [2.24, 2.45) is 0 Å². The van der Waals surface area contributed by atoms with Crippen LogP contribution >= 0.6 is 11.3 Å². The first-order valence-corrected chi connectivity index (χ1v) is 11.5. The van der Waals surface area contributed by atoms with Crippen LogP contribution < -0.4 is 14.8 Å². The van der Waals surface area contributed by atoms with E-state index >= 15 is 0 Å². The zero-order valence-corrected chi connectivity index (χ0v) is 17.1. The van der Waals surface area contributed by atoms with E-state index in [-0.39, 0.29) is 23.4 Å². The molecule has 150 valence electrons. The topological polar surface area (TPSA) is 84.5 Å². The molecule has 0 unspecified atom stereocenters. The van der Waals surface area contributed by atoms with Gasteiger partial charge in [-0.3, -0.25) is 4.79 Å². The monoisotopic (exact) mass is 428 g/mol. The molecule has 4 rings (SSSR count). The van der Waals surface area contributed by atoms with Crippen LogP contribution in [0.25, 0.3) is 0 Å². The molecule has 0 radical (unpaired) electrons. The zero-order chi connectivity index (χ0) is 20.3. The number of para-hydroxylation sites is 1. The largest absolute Gasteiger partial charge is 0.493 e. The van der Waals surface area contributed by atoms with Gasteiger partial charge in [0, 0.05) is 29.0 Å². The summed E-state index contributed by atoms with van der Waals surface area (Å²) in [5, 5.41) is 4.88. The predicted octanol–water partition coefficient (Wildman–Crippen LogP) is 3.48. The molecular formula is C21H20N2O4S2. The predicted molar refractivity (Wildman–Crippen MR) is 112 cm³/mol. The van der Waals surface area contributed by atoms with Crippen LogP contribution in [-0.2, 0) is 16.6 Å². The first-order valence-electron chi connectivity index (χ1n) is 9.18. The number of fused-ring (bicyclic) bond motifs is 1. The van der Waals surface area contributed by atoms with Crippen LogP contribution in [0.3, 0.4) is 0 Å². The van der Waals surface area contributed by atoms with E-state index < -0.39 is 10.0 Å². The molecular weight excluding hydrogens is 408 g/mol. The van der Waals surface area contributed by atoms with Gasteiger partial charge in [-0.05, 0) is 35.7 Å². The Bertz CT molecular complexity index is 1110. The third-order valence-corrected chi connectivity index (χ3v) is 6.96. The van der Waals surface area contributed by atoms with Gasteiger partial charge in [-0.15, -0.1) is 11.3 Å². The van der Waals surface area contributed by atoms with Crippen molar-refractivity contribution in [3.8, 4) is 5.75 Å². The number of hydrogen-bond donors (Lipinski definition) is 2. The highest BCUT2D eigenvalue weighted by molar-refractivity contribution is 7.89. The number of nitrogens with one attached hydrogen (secondary N) is 2. The second kappa shape index (κ2) is 8.36. The van der Waals surface area contributed by atoms with E-state index in [0.717, 1.165) is 16.2 Å². The van der Waals surface area contributed by atoms with Gasteiger partial charge in [0.1, 0.15) is 5.75 Å². The van der Waals surface area contributed by atoms with Gasteiger partial charge in [-0.1, -0.05) is 30.3 Å². The van der Waals surface area contributed by atoms with Crippen LogP contribution in [0.2, 0.25) is 0 Å². The third-order valence-electron chi connectivity index (χ3n) is 4.69. The number of carbonyl (C=O) groups is 1. The Balaban J connectivity index is 1.49. The lowest BCUT2D eigenvalue weighted by Gasteiger charge is -2.26. The number of rotatable bonds is 6. The summed E-state index contributed by atoms with van der Waals surface area (Å²) in [5.74, 6) is 0.445. The molecule has 0 fully saturated rings. The van der Waals surface area contributed by atoms with E-state index in [1.165, 1.54) is 23.5 Å². The van der Waals surface area contributed by atoms with Gasteiger partial charge < -0.3 is 10.1 Å². The fraction of sp³-hybridized carbons (Fsp3) is 0.190. The maximum absolute atomic E-state index is 12.8. The average Bonchev–Trinajstić information content (AvgIpc) is 3.26. The van der Waals surface area contributed by atoms with Gasteiger partial charge in [0.25, 0.3) is 5.91 Å². The molecule has 1 atom stereocenters. The minimum atomic E-state index is -3.72. The van der Waals surface area contributed by atoms with Crippen molar-refractivity contribution >= 4 is 27.3 Å². The van der Waals surface area contributed by atoms with Crippen molar-refractivity contribution in [2.45, 2.75) is 23.9 Å². The van der Waals surface area contributed by atoms with Crippen LogP contribution in [0.5, 0.6) is 5.75 Å². The number of ether oxygens (including phenoxy) is 1. The van der Waals surface area contributed by atoms with Crippen molar-refractivity contribution in [3.63, 3.8) is 0 Å². The Morgan fingerprint density at radius 3 is 2.79 bits per heavy atom. The lowest BCUT2D eigenvalue weighted by atomic mass is 10.00. The molecule has 2 N–H and O–H groups in total. The van der Waals surface area contributed by atoms with Crippen LogP contribution in [0, 0.1) is 0 Å². The number of benzene rings is 2. The number of carbonyl (C=O) groups excluding carboxylic acids is 1. The highest BCUT2D eigenvalue weighted by Gasteiger charge is 2.24. The fourth-order valence-corrected chi connectivity index (χ4v) is 4.99. The second-order valence-corrected chi connectivity index (χ2v) is 9.43. The molecule has 1 amide bonds. The summed E-state index contributed by atoms with van der Waals surface area (Å²) in [5.41, 5.74) is 1.22. The van der Waals surface area contributed by atoms with Gasteiger partial charge in [0.2, 0.25) is 10.0 Å². The Hall–Kier alpha value is -2.68. The van der Waals surface area contributed by atoms with E-state index in [1.54, 1.807) is 12.1 Å². The fourth-order valence-electron chi connectivity index (χ4n) is 3.20. The molecule has 0 aliphatic carbocycles. The summed E-state index contributed by atoms with van der Waals surface area (Å²) in [6, 6.07) is 17.2. The maximum atomic E-state index is 12.8. The highest BCUT2D eigenvalue weighted by atomic mass is 32.2. The molecule has 8 heteroatoms. The number of hydrogen-bond acceptors (Lipinski definition) is 5. The van der Waals surface area contributed by atoms with E-state index in [4.69, 9.17) is 4.74 Å². The summed E-state index contributed by atoms with van der Waals surface area (Å²) in [6.45, 7) is 0.734. The summed E-state index contributed by atoms with van der Waals surface area (Å²) < 4.78 is 33.4. The quantitative estimate of drug-likeness (QED) is 0.630. The molecule has 0 saturated carbocycles. The average molecular weight is 429 g/mol. The molecule has 3 aromatic rings. The van der Waals surface area contributed by atoms with Gasteiger partial charge in [0.15, 0.2) is 0 Å². The SMILES string of the molecule is O=C(N[C@H]1CCOc2ccccc21)c1cccc(S(=O)(=O)NCc2cccs2)c1. The van der Waals surface area contributed by atoms with Crippen molar-refractivity contribution in [1.29, 1.82) is 0 Å². The summed E-state index contributed by atoms with van der Waals surface area (Å²) >= 11 is 1.48. The molecule has 2 aromatic carbocycles. The van der Waals surface area contributed by atoms with Crippen molar-refractivity contribution in [3.05, 3.63) is 82.0 Å². The molecule has 0 saturated heterocycles. The van der Waals surface area contributed by atoms with E-state index in [2.05, 4.69) is 10.0 Å². The van der Waals surface area contributed by atoms with Gasteiger partial charge in [-0.25, -0.2) is 13.1 Å². The van der Waals surface area contributed by atoms with Crippen molar-refractivity contribution < 1.29 is 17.9 Å². The molecule has 29 heavy (non-hydrogen) atoms. The molecule has 0 spiro atoms. The van der Waals surface area contributed by atoms with E-state index in [1.807, 2.05) is 41.8 Å². The Morgan fingerprint density at radius 2 is 1.97 bits per heavy atom. The number of amides is 1. The molecule has 0 bridgehead atoms. The summed E-state index contributed by atoms with van der Waals surface area (Å²) in [7, 11) is -3.72. The molecule has 1 aliphatic heterocycles. The van der Waals surface area contributed by atoms with Crippen molar-refractivity contribution in [1.82, 2.24) is 10.0 Å². The lowest BCUT2D eigenvalue weighted by Crippen LogP contribution is -2.32. The van der Waals surface area contributed by atoms with Gasteiger partial charge in [-0.2, -0.15) is 0 Å².